The maximum Gasteiger partial charge on any atom is 0.251 e. The van der Waals surface area contributed by atoms with Crippen molar-refractivity contribution in [2.24, 2.45) is 5.92 Å². The summed E-state index contributed by atoms with van der Waals surface area (Å²) < 4.78 is 5.36. The van der Waals surface area contributed by atoms with Gasteiger partial charge >= 0.3 is 0 Å². The van der Waals surface area contributed by atoms with E-state index in [-0.39, 0.29) is 24.4 Å². The van der Waals surface area contributed by atoms with Crippen LogP contribution >= 0.6 is 0 Å². The maximum absolute atomic E-state index is 12.4. The van der Waals surface area contributed by atoms with Crippen LogP contribution in [0.4, 0.5) is 0 Å². The molecule has 27 heavy (non-hydrogen) atoms. The van der Waals surface area contributed by atoms with Crippen LogP contribution in [0.1, 0.15) is 47.3 Å². The first-order valence-corrected chi connectivity index (χ1v) is 9.44. The molecule has 0 spiro atoms. The van der Waals surface area contributed by atoms with Crippen LogP contribution in [0.2, 0.25) is 0 Å². The zero-order valence-electron chi connectivity index (χ0n) is 15.8. The van der Waals surface area contributed by atoms with E-state index in [2.05, 4.69) is 34.9 Å². The minimum atomic E-state index is -0.272. The summed E-state index contributed by atoms with van der Waals surface area (Å²) in [6, 6.07) is 15.1. The van der Waals surface area contributed by atoms with Gasteiger partial charge in [0.2, 0.25) is 5.91 Å². The minimum Gasteiger partial charge on any atom is -0.494 e. The average Bonchev–Trinajstić information content (AvgIpc) is 3.51. The van der Waals surface area contributed by atoms with Crippen LogP contribution in [-0.2, 0) is 4.79 Å². The predicted octanol–water partition coefficient (Wildman–Crippen LogP) is 3.39. The summed E-state index contributed by atoms with van der Waals surface area (Å²) in [5.41, 5.74) is 2.82. The van der Waals surface area contributed by atoms with Gasteiger partial charge in [-0.3, -0.25) is 9.59 Å². The largest absolute Gasteiger partial charge is 0.494 e. The fourth-order valence-corrected chi connectivity index (χ4v) is 3.03. The molecule has 2 amide bonds. The Bertz CT molecular complexity index is 780. The number of carbonyl (C=O) groups is 2. The summed E-state index contributed by atoms with van der Waals surface area (Å²) in [6.07, 6.45) is 2.24. The van der Waals surface area contributed by atoms with Crippen molar-refractivity contribution in [3.05, 3.63) is 65.2 Å². The van der Waals surface area contributed by atoms with E-state index in [0.717, 1.165) is 24.2 Å². The molecule has 142 valence electrons. The number of benzene rings is 2. The number of hydrogen-bond donors (Lipinski definition) is 2. The van der Waals surface area contributed by atoms with Crippen molar-refractivity contribution in [3.63, 3.8) is 0 Å². The third-order valence-corrected chi connectivity index (χ3v) is 4.68. The summed E-state index contributed by atoms with van der Waals surface area (Å²) in [5.74, 6) is 0.758. The summed E-state index contributed by atoms with van der Waals surface area (Å²) in [5, 5.41) is 5.76. The molecule has 5 nitrogen and oxygen atoms in total. The number of rotatable bonds is 8. The van der Waals surface area contributed by atoms with Gasteiger partial charge in [-0.05, 0) is 62.4 Å². The molecule has 2 aromatic rings. The molecular formula is C22H26N2O3. The zero-order valence-corrected chi connectivity index (χ0v) is 15.8. The van der Waals surface area contributed by atoms with E-state index in [0.29, 0.717) is 18.1 Å². The van der Waals surface area contributed by atoms with Crippen LogP contribution in [0.25, 0.3) is 0 Å². The van der Waals surface area contributed by atoms with Crippen LogP contribution in [0.15, 0.2) is 48.5 Å². The van der Waals surface area contributed by atoms with Gasteiger partial charge in [-0.2, -0.15) is 0 Å². The predicted molar refractivity (Wildman–Crippen MR) is 105 cm³/mol. The van der Waals surface area contributed by atoms with Gasteiger partial charge in [-0.25, -0.2) is 0 Å². The molecule has 1 atom stereocenters. The van der Waals surface area contributed by atoms with Gasteiger partial charge in [-0.15, -0.1) is 0 Å². The SMILES string of the molecule is CCOc1ccc(C(=O)NCC(=O)NC(c2ccc(C)cc2)C2CC2)cc1. The van der Waals surface area contributed by atoms with E-state index in [4.69, 9.17) is 4.74 Å². The Hall–Kier alpha value is -2.82. The van der Waals surface area contributed by atoms with Crippen molar-refractivity contribution in [1.29, 1.82) is 0 Å². The van der Waals surface area contributed by atoms with Gasteiger partial charge in [0.1, 0.15) is 5.75 Å². The third kappa shape index (κ3) is 5.33. The van der Waals surface area contributed by atoms with Crippen LogP contribution in [-0.4, -0.2) is 25.0 Å². The van der Waals surface area contributed by atoms with Crippen molar-refractivity contribution in [2.75, 3.05) is 13.2 Å². The molecular weight excluding hydrogens is 340 g/mol. The second-order valence-electron chi connectivity index (χ2n) is 6.93. The number of hydrogen-bond acceptors (Lipinski definition) is 3. The van der Waals surface area contributed by atoms with Crippen LogP contribution in [0, 0.1) is 12.8 Å². The lowest BCUT2D eigenvalue weighted by Gasteiger charge is -2.19. The second kappa shape index (κ2) is 8.71. The van der Waals surface area contributed by atoms with E-state index >= 15 is 0 Å². The molecule has 2 aromatic carbocycles. The van der Waals surface area contributed by atoms with Crippen molar-refractivity contribution >= 4 is 11.8 Å². The van der Waals surface area contributed by atoms with E-state index < -0.39 is 0 Å². The number of nitrogens with one attached hydrogen (secondary N) is 2. The van der Waals surface area contributed by atoms with Crippen LogP contribution in [0.3, 0.4) is 0 Å². The van der Waals surface area contributed by atoms with Gasteiger partial charge in [0.15, 0.2) is 0 Å². The lowest BCUT2D eigenvalue weighted by atomic mass is 10.0. The zero-order chi connectivity index (χ0) is 19.2. The average molecular weight is 366 g/mol. The molecule has 1 saturated carbocycles. The van der Waals surface area contributed by atoms with E-state index in [1.165, 1.54) is 5.56 Å². The Labute approximate surface area is 160 Å². The molecule has 5 heteroatoms. The Morgan fingerprint density at radius 1 is 1.07 bits per heavy atom. The summed E-state index contributed by atoms with van der Waals surface area (Å²) in [4.78, 5) is 24.6. The molecule has 0 aromatic heterocycles. The monoisotopic (exact) mass is 366 g/mol. The summed E-state index contributed by atoms with van der Waals surface area (Å²) >= 11 is 0. The fraction of sp³-hybridized carbons (Fsp3) is 0.364. The molecule has 0 radical (unpaired) electrons. The first-order chi connectivity index (χ1) is 13.1. The lowest BCUT2D eigenvalue weighted by molar-refractivity contribution is -0.121. The molecule has 0 saturated heterocycles. The Morgan fingerprint density at radius 2 is 1.74 bits per heavy atom. The summed E-state index contributed by atoms with van der Waals surface area (Å²) in [6.45, 7) is 4.49. The summed E-state index contributed by atoms with van der Waals surface area (Å²) in [7, 11) is 0. The van der Waals surface area contributed by atoms with Gasteiger partial charge in [0, 0.05) is 5.56 Å². The number of amides is 2. The van der Waals surface area contributed by atoms with Crippen molar-refractivity contribution in [1.82, 2.24) is 10.6 Å². The van der Waals surface area contributed by atoms with Gasteiger partial charge in [0.25, 0.3) is 5.91 Å². The highest BCUT2D eigenvalue weighted by atomic mass is 16.5. The highest BCUT2D eigenvalue weighted by Gasteiger charge is 2.33. The molecule has 0 heterocycles. The minimum absolute atomic E-state index is 0.0143. The van der Waals surface area contributed by atoms with E-state index in [1.807, 2.05) is 13.8 Å². The molecule has 1 aliphatic rings. The van der Waals surface area contributed by atoms with Crippen molar-refractivity contribution in [3.8, 4) is 5.75 Å². The Balaban J connectivity index is 1.53. The normalized spacial score (nSPS) is 14.3. The van der Waals surface area contributed by atoms with Crippen molar-refractivity contribution in [2.45, 2.75) is 32.7 Å². The highest BCUT2D eigenvalue weighted by molar-refractivity contribution is 5.96. The molecule has 1 aliphatic carbocycles. The topological polar surface area (TPSA) is 67.4 Å². The standard InChI is InChI=1S/C22H26N2O3/c1-3-27-19-12-10-18(11-13-19)22(26)23-14-20(25)24-21(17-8-9-17)16-6-4-15(2)5-7-16/h4-7,10-13,17,21H,3,8-9,14H2,1-2H3,(H,23,26)(H,24,25). The Kier molecular flexibility index (Phi) is 6.12. The fourth-order valence-electron chi connectivity index (χ4n) is 3.03. The molecule has 1 fully saturated rings. The maximum atomic E-state index is 12.4. The van der Waals surface area contributed by atoms with Gasteiger partial charge in [-0.1, -0.05) is 29.8 Å². The molecule has 3 rings (SSSR count). The number of ether oxygens (including phenoxy) is 1. The Morgan fingerprint density at radius 3 is 2.33 bits per heavy atom. The smallest absolute Gasteiger partial charge is 0.251 e. The lowest BCUT2D eigenvalue weighted by Crippen LogP contribution is -2.39. The first kappa shape index (κ1) is 19.0. The van der Waals surface area contributed by atoms with E-state index in [9.17, 15) is 9.59 Å². The molecule has 2 N–H and O–H groups in total. The van der Waals surface area contributed by atoms with Crippen LogP contribution < -0.4 is 15.4 Å². The number of carbonyl (C=O) groups excluding carboxylic acids is 2. The second-order valence-corrected chi connectivity index (χ2v) is 6.93. The number of aryl methyl sites for hydroxylation is 1. The quantitative estimate of drug-likeness (QED) is 0.752. The third-order valence-electron chi connectivity index (χ3n) is 4.68. The van der Waals surface area contributed by atoms with Crippen molar-refractivity contribution < 1.29 is 14.3 Å². The van der Waals surface area contributed by atoms with Crippen LogP contribution in [0.5, 0.6) is 5.75 Å². The van der Waals surface area contributed by atoms with Gasteiger partial charge < -0.3 is 15.4 Å². The first-order valence-electron chi connectivity index (χ1n) is 9.44. The molecule has 1 unspecified atom stereocenters. The van der Waals surface area contributed by atoms with E-state index in [1.54, 1.807) is 24.3 Å². The molecule has 0 aliphatic heterocycles. The van der Waals surface area contributed by atoms with Gasteiger partial charge in [0.05, 0.1) is 19.2 Å². The highest BCUT2D eigenvalue weighted by Crippen LogP contribution is 2.40. The molecule has 0 bridgehead atoms.